The minimum absolute atomic E-state index is 0. The molecule has 1 amide bonds. The number of benzene rings is 1. The molecule has 0 aromatic heterocycles. The van der Waals surface area contributed by atoms with Crippen molar-refractivity contribution in [1.82, 2.24) is 10.2 Å². The Morgan fingerprint density at radius 2 is 2.00 bits per heavy atom. The molecule has 1 saturated heterocycles. The third-order valence-electron chi connectivity index (χ3n) is 4.96. The van der Waals surface area contributed by atoms with Gasteiger partial charge in [0.1, 0.15) is 0 Å². The molecule has 1 aromatic carbocycles. The topological polar surface area (TPSA) is 49.4 Å². The third kappa shape index (κ3) is 4.12. The van der Waals surface area contributed by atoms with E-state index in [9.17, 15) is 9.59 Å². The van der Waals surface area contributed by atoms with Crippen molar-refractivity contribution in [3.8, 4) is 0 Å². The molecule has 2 aliphatic rings. The second kappa shape index (κ2) is 7.93. The number of rotatable bonds is 5. The van der Waals surface area contributed by atoms with Gasteiger partial charge in [0.15, 0.2) is 5.78 Å². The Morgan fingerprint density at radius 3 is 2.74 bits per heavy atom. The number of hydrogen-bond donors (Lipinski definition) is 1. The van der Waals surface area contributed by atoms with E-state index in [1.807, 2.05) is 19.2 Å². The van der Waals surface area contributed by atoms with Crippen LogP contribution in [0.5, 0.6) is 0 Å². The second-order valence-corrected chi connectivity index (χ2v) is 6.41. The van der Waals surface area contributed by atoms with E-state index in [1.165, 1.54) is 17.5 Å². The first-order chi connectivity index (χ1) is 10.6. The van der Waals surface area contributed by atoms with Crippen LogP contribution in [0.2, 0.25) is 0 Å². The number of aryl methyl sites for hydroxylation is 2. The van der Waals surface area contributed by atoms with Crippen molar-refractivity contribution in [1.29, 1.82) is 0 Å². The Kier molecular flexibility index (Phi) is 6.19. The van der Waals surface area contributed by atoms with Gasteiger partial charge in [-0.2, -0.15) is 0 Å². The van der Waals surface area contributed by atoms with E-state index in [0.29, 0.717) is 12.8 Å². The largest absolute Gasteiger partial charge is 0.341 e. The maximum atomic E-state index is 12.3. The van der Waals surface area contributed by atoms with Crippen molar-refractivity contribution in [2.24, 2.45) is 0 Å². The summed E-state index contributed by atoms with van der Waals surface area (Å²) in [6.07, 6.45) is 5.01. The van der Waals surface area contributed by atoms with Gasteiger partial charge in [-0.3, -0.25) is 9.59 Å². The van der Waals surface area contributed by atoms with Gasteiger partial charge >= 0.3 is 0 Å². The van der Waals surface area contributed by atoms with Crippen LogP contribution in [0.3, 0.4) is 0 Å². The Bertz CT molecular complexity index is 582. The monoisotopic (exact) mass is 336 g/mol. The fraction of sp³-hybridized carbons (Fsp3) is 0.556. The molecule has 1 N–H and O–H groups in total. The number of carbonyl (C=O) groups is 2. The van der Waals surface area contributed by atoms with E-state index in [4.69, 9.17) is 0 Å². The predicted molar refractivity (Wildman–Crippen MR) is 93.3 cm³/mol. The normalized spacial score (nSPS) is 19.1. The molecule has 0 radical (unpaired) electrons. The van der Waals surface area contributed by atoms with E-state index in [2.05, 4.69) is 11.4 Å². The Balaban J connectivity index is 0.00000192. The molecule has 5 heteroatoms. The summed E-state index contributed by atoms with van der Waals surface area (Å²) in [5, 5.41) is 3.26. The van der Waals surface area contributed by atoms with Gasteiger partial charge < -0.3 is 10.2 Å². The van der Waals surface area contributed by atoms with E-state index < -0.39 is 0 Å². The summed E-state index contributed by atoms with van der Waals surface area (Å²) in [5.74, 6) is 0.157. The van der Waals surface area contributed by atoms with Crippen LogP contribution in [0.4, 0.5) is 0 Å². The van der Waals surface area contributed by atoms with Gasteiger partial charge in [0.05, 0.1) is 0 Å². The number of hydrogen-bond acceptors (Lipinski definition) is 3. The molecule has 0 bridgehead atoms. The number of nitrogens with one attached hydrogen (secondary N) is 1. The van der Waals surface area contributed by atoms with Gasteiger partial charge in [0.25, 0.3) is 0 Å². The van der Waals surface area contributed by atoms with Crippen LogP contribution < -0.4 is 5.32 Å². The van der Waals surface area contributed by atoms with Crippen molar-refractivity contribution >= 4 is 24.1 Å². The molecule has 1 fully saturated rings. The summed E-state index contributed by atoms with van der Waals surface area (Å²) < 4.78 is 0. The third-order valence-corrected chi connectivity index (χ3v) is 4.96. The predicted octanol–water partition coefficient (Wildman–Crippen LogP) is 2.38. The van der Waals surface area contributed by atoms with E-state index in [0.717, 1.165) is 37.9 Å². The molecule has 126 valence electrons. The first-order valence-electron chi connectivity index (χ1n) is 8.26. The molecule has 0 saturated carbocycles. The standard InChI is InChI=1S/C18H24N2O2.ClH/c1-20(16-9-10-19-12-16)18(22)8-7-17(21)15-6-5-13-3-2-4-14(13)11-15;/h5-6,11,16,19H,2-4,7-10,12H2,1H3;1H. The fourth-order valence-corrected chi connectivity index (χ4v) is 3.46. The summed E-state index contributed by atoms with van der Waals surface area (Å²) in [5.41, 5.74) is 3.45. The number of halogens is 1. The quantitative estimate of drug-likeness (QED) is 0.840. The van der Waals surface area contributed by atoms with Crippen LogP contribution in [0.25, 0.3) is 0 Å². The van der Waals surface area contributed by atoms with Gasteiger partial charge in [-0.15, -0.1) is 12.4 Å². The minimum Gasteiger partial charge on any atom is -0.341 e. The van der Waals surface area contributed by atoms with Crippen molar-refractivity contribution in [2.45, 2.75) is 44.6 Å². The molecule has 0 spiro atoms. The van der Waals surface area contributed by atoms with Crippen LogP contribution in [0, 0.1) is 0 Å². The van der Waals surface area contributed by atoms with Crippen molar-refractivity contribution in [2.75, 3.05) is 20.1 Å². The number of carbonyl (C=O) groups excluding carboxylic acids is 2. The highest BCUT2D eigenvalue weighted by Crippen LogP contribution is 2.23. The molecular weight excluding hydrogens is 312 g/mol. The summed E-state index contributed by atoms with van der Waals surface area (Å²) in [6.45, 7) is 1.83. The van der Waals surface area contributed by atoms with E-state index in [1.54, 1.807) is 4.90 Å². The first kappa shape index (κ1) is 18.0. The number of likely N-dealkylation sites (N-methyl/N-ethyl adjacent to an activating group) is 1. The zero-order chi connectivity index (χ0) is 15.5. The Labute approximate surface area is 144 Å². The van der Waals surface area contributed by atoms with Crippen molar-refractivity contribution in [3.05, 3.63) is 34.9 Å². The number of Topliss-reactive ketones (excluding diaryl/α,β-unsaturated/α-hetero) is 1. The SMILES string of the molecule is CN(C(=O)CCC(=O)c1ccc2c(c1)CCC2)C1CCNC1.Cl. The van der Waals surface area contributed by atoms with E-state index >= 15 is 0 Å². The number of ketones is 1. The number of nitrogens with zero attached hydrogens (tertiary/aromatic N) is 1. The lowest BCUT2D eigenvalue weighted by Gasteiger charge is -2.23. The summed E-state index contributed by atoms with van der Waals surface area (Å²) in [7, 11) is 1.85. The van der Waals surface area contributed by atoms with Crippen molar-refractivity contribution < 1.29 is 9.59 Å². The van der Waals surface area contributed by atoms with Crippen LogP contribution in [-0.4, -0.2) is 42.8 Å². The minimum atomic E-state index is 0. The highest BCUT2D eigenvalue weighted by atomic mass is 35.5. The molecule has 3 rings (SSSR count). The lowest BCUT2D eigenvalue weighted by molar-refractivity contribution is -0.131. The van der Waals surface area contributed by atoms with Crippen LogP contribution in [0.1, 0.15) is 47.2 Å². The molecule has 1 atom stereocenters. The summed E-state index contributed by atoms with van der Waals surface area (Å²) in [4.78, 5) is 26.3. The number of amides is 1. The molecular formula is C18H25ClN2O2. The molecule has 1 aromatic rings. The zero-order valence-corrected chi connectivity index (χ0v) is 14.5. The zero-order valence-electron chi connectivity index (χ0n) is 13.6. The van der Waals surface area contributed by atoms with E-state index in [-0.39, 0.29) is 30.1 Å². The second-order valence-electron chi connectivity index (χ2n) is 6.41. The Morgan fingerprint density at radius 1 is 1.22 bits per heavy atom. The molecule has 4 nitrogen and oxygen atoms in total. The maximum Gasteiger partial charge on any atom is 0.223 e. The fourth-order valence-electron chi connectivity index (χ4n) is 3.46. The highest BCUT2D eigenvalue weighted by Gasteiger charge is 2.23. The van der Waals surface area contributed by atoms with Gasteiger partial charge in [0, 0.05) is 38.0 Å². The van der Waals surface area contributed by atoms with Crippen molar-refractivity contribution in [3.63, 3.8) is 0 Å². The highest BCUT2D eigenvalue weighted by molar-refractivity contribution is 5.98. The van der Waals surface area contributed by atoms with Gasteiger partial charge in [-0.1, -0.05) is 12.1 Å². The molecule has 23 heavy (non-hydrogen) atoms. The number of fused-ring (bicyclic) bond motifs is 1. The smallest absolute Gasteiger partial charge is 0.223 e. The lowest BCUT2D eigenvalue weighted by Crippen LogP contribution is -2.38. The summed E-state index contributed by atoms with van der Waals surface area (Å²) >= 11 is 0. The van der Waals surface area contributed by atoms with Crippen LogP contribution in [0.15, 0.2) is 18.2 Å². The van der Waals surface area contributed by atoms with Gasteiger partial charge in [0.2, 0.25) is 5.91 Å². The van der Waals surface area contributed by atoms with Crippen LogP contribution >= 0.6 is 12.4 Å². The van der Waals surface area contributed by atoms with Gasteiger partial charge in [-0.25, -0.2) is 0 Å². The summed E-state index contributed by atoms with van der Waals surface area (Å²) in [6, 6.07) is 6.30. The molecule has 1 unspecified atom stereocenters. The molecule has 1 aliphatic heterocycles. The van der Waals surface area contributed by atoms with Crippen LogP contribution in [-0.2, 0) is 17.6 Å². The molecule has 1 heterocycles. The first-order valence-corrected chi connectivity index (χ1v) is 8.26. The lowest BCUT2D eigenvalue weighted by atomic mass is 10.0. The average molecular weight is 337 g/mol. The average Bonchev–Trinajstić information content (AvgIpc) is 3.21. The van der Waals surface area contributed by atoms with Gasteiger partial charge in [-0.05, 0) is 49.4 Å². The maximum absolute atomic E-state index is 12.3. The molecule has 1 aliphatic carbocycles. The Hall–Kier alpha value is -1.39.